The molecule has 1 aliphatic carbocycles. The van der Waals surface area contributed by atoms with E-state index in [1.807, 2.05) is 6.07 Å². The largest absolute Gasteiger partial charge is 0.370 e. The van der Waals surface area contributed by atoms with E-state index >= 15 is 0 Å². The Kier molecular flexibility index (Phi) is 3.20. The Hall–Kier alpha value is -2.26. The molecule has 2 heterocycles. The molecule has 0 aliphatic heterocycles. The second kappa shape index (κ2) is 5.02. The average molecular weight is 270 g/mol. The highest BCUT2D eigenvalue weighted by atomic mass is 16.5. The van der Waals surface area contributed by atoms with E-state index in [2.05, 4.69) is 15.1 Å². The van der Waals surface area contributed by atoms with Gasteiger partial charge in [0.15, 0.2) is 0 Å². The third-order valence-corrected chi connectivity index (χ3v) is 3.75. The normalized spacial score (nSPS) is 17.0. The molecule has 1 aliphatic rings. The monoisotopic (exact) mass is 270 g/mol. The fourth-order valence-corrected chi connectivity index (χ4v) is 2.56. The van der Waals surface area contributed by atoms with Gasteiger partial charge >= 0.3 is 0 Å². The number of ether oxygens (including phenoxy) is 1. The van der Waals surface area contributed by atoms with Crippen molar-refractivity contribution in [1.29, 1.82) is 5.26 Å². The van der Waals surface area contributed by atoms with Crippen LogP contribution in [0.25, 0.3) is 11.6 Å². The molecule has 0 amide bonds. The van der Waals surface area contributed by atoms with Crippen LogP contribution in [0.15, 0.2) is 22.9 Å². The van der Waals surface area contributed by atoms with Gasteiger partial charge in [0, 0.05) is 13.3 Å². The van der Waals surface area contributed by atoms with Gasteiger partial charge in [-0.25, -0.2) is 4.98 Å². The maximum absolute atomic E-state index is 8.75. The van der Waals surface area contributed by atoms with Gasteiger partial charge in [-0.3, -0.25) is 0 Å². The predicted molar refractivity (Wildman–Crippen MR) is 69.4 cm³/mol. The molecular formula is C14H14N4O2. The summed E-state index contributed by atoms with van der Waals surface area (Å²) in [5.74, 6) is 0.937. The van der Waals surface area contributed by atoms with Crippen LogP contribution in [0.3, 0.4) is 0 Å². The van der Waals surface area contributed by atoms with Crippen LogP contribution in [-0.4, -0.2) is 22.2 Å². The summed E-state index contributed by atoms with van der Waals surface area (Å²) < 4.78 is 10.9. The van der Waals surface area contributed by atoms with E-state index in [0.717, 1.165) is 25.7 Å². The minimum absolute atomic E-state index is 0.354. The molecule has 3 rings (SSSR count). The minimum atomic E-state index is -0.422. The molecule has 102 valence electrons. The van der Waals surface area contributed by atoms with Gasteiger partial charge in [-0.1, -0.05) is 5.16 Å². The number of nitriles is 1. The minimum Gasteiger partial charge on any atom is -0.370 e. The van der Waals surface area contributed by atoms with Crippen LogP contribution < -0.4 is 0 Å². The Morgan fingerprint density at radius 2 is 2.15 bits per heavy atom. The number of rotatable bonds is 3. The lowest BCUT2D eigenvalue weighted by Gasteiger charge is -2.22. The van der Waals surface area contributed by atoms with Crippen LogP contribution in [0.5, 0.6) is 0 Å². The number of pyridine rings is 1. The predicted octanol–water partition coefficient (Wildman–Crippen LogP) is 2.42. The maximum Gasteiger partial charge on any atom is 0.276 e. The first-order valence-corrected chi connectivity index (χ1v) is 6.53. The molecule has 0 N–H and O–H groups in total. The van der Waals surface area contributed by atoms with Crippen molar-refractivity contribution in [1.82, 2.24) is 15.1 Å². The third-order valence-electron chi connectivity index (χ3n) is 3.75. The SMILES string of the molecule is COC1(c2noc(-c3ccc(C#N)cn3)n2)CCCC1. The van der Waals surface area contributed by atoms with Crippen molar-refractivity contribution in [2.24, 2.45) is 0 Å². The fraction of sp³-hybridized carbons (Fsp3) is 0.429. The molecular weight excluding hydrogens is 256 g/mol. The number of methoxy groups -OCH3 is 1. The van der Waals surface area contributed by atoms with Gasteiger partial charge in [0.25, 0.3) is 5.89 Å². The summed E-state index contributed by atoms with van der Waals surface area (Å²) in [7, 11) is 1.68. The van der Waals surface area contributed by atoms with E-state index in [1.54, 1.807) is 19.2 Å². The highest BCUT2D eigenvalue weighted by Crippen LogP contribution is 2.40. The van der Waals surface area contributed by atoms with E-state index in [9.17, 15) is 0 Å². The van der Waals surface area contributed by atoms with Crippen LogP contribution in [0.4, 0.5) is 0 Å². The van der Waals surface area contributed by atoms with Gasteiger partial charge in [0.2, 0.25) is 5.82 Å². The molecule has 1 fully saturated rings. The van der Waals surface area contributed by atoms with Crippen LogP contribution in [0.1, 0.15) is 37.1 Å². The standard InChI is InChI=1S/C14H14N4O2/c1-19-14(6-2-3-7-14)13-17-12(20-18-13)11-5-4-10(8-15)9-16-11/h4-5,9H,2-3,6-7H2,1H3. The van der Waals surface area contributed by atoms with Gasteiger partial charge in [-0.15, -0.1) is 0 Å². The Morgan fingerprint density at radius 1 is 1.35 bits per heavy atom. The van der Waals surface area contributed by atoms with Crippen molar-refractivity contribution in [3.63, 3.8) is 0 Å². The number of aromatic nitrogens is 3. The summed E-state index contributed by atoms with van der Waals surface area (Å²) >= 11 is 0. The molecule has 0 unspecified atom stereocenters. The molecule has 0 spiro atoms. The van der Waals surface area contributed by atoms with Crippen LogP contribution >= 0.6 is 0 Å². The van der Waals surface area contributed by atoms with Crippen molar-refractivity contribution in [2.45, 2.75) is 31.3 Å². The molecule has 0 radical (unpaired) electrons. The molecule has 6 heteroatoms. The van der Waals surface area contributed by atoms with E-state index in [0.29, 0.717) is 23.0 Å². The summed E-state index contributed by atoms with van der Waals surface area (Å²) in [6, 6.07) is 5.39. The first-order valence-electron chi connectivity index (χ1n) is 6.53. The highest BCUT2D eigenvalue weighted by Gasteiger charge is 2.40. The van der Waals surface area contributed by atoms with Gasteiger partial charge in [0.1, 0.15) is 17.4 Å². The molecule has 6 nitrogen and oxygen atoms in total. The molecule has 0 saturated heterocycles. The summed E-state index contributed by atoms with van der Waals surface area (Å²) in [4.78, 5) is 8.56. The highest BCUT2D eigenvalue weighted by molar-refractivity contribution is 5.47. The Morgan fingerprint density at radius 3 is 2.75 bits per heavy atom. The molecule has 2 aromatic rings. The van der Waals surface area contributed by atoms with Crippen LogP contribution in [-0.2, 0) is 10.3 Å². The number of nitrogens with zero attached hydrogens (tertiary/aromatic N) is 4. The lowest BCUT2D eigenvalue weighted by Crippen LogP contribution is -2.25. The Labute approximate surface area is 116 Å². The second-order valence-electron chi connectivity index (χ2n) is 4.87. The van der Waals surface area contributed by atoms with E-state index in [-0.39, 0.29) is 0 Å². The van der Waals surface area contributed by atoms with Gasteiger partial charge < -0.3 is 9.26 Å². The van der Waals surface area contributed by atoms with Crippen molar-refractivity contribution >= 4 is 0 Å². The van der Waals surface area contributed by atoms with Gasteiger partial charge in [0.05, 0.1) is 5.56 Å². The molecule has 0 aromatic carbocycles. The molecule has 20 heavy (non-hydrogen) atoms. The zero-order valence-electron chi connectivity index (χ0n) is 11.2. The van der Waals surface area contributed by atoms with Crippen molar-refractivity contribution < 1.29 is 9.26 Å². The van der Waals surface area contributed by atoms with Gasteiger partial charge in [-0.05, 0) is 37.8 Å². The number of hydrogen-bond donors (Lipinski definition) is 0. The van der Waals surface area contributed by atoms with E-state index in [1.165, 1.54) is 6.20 Å². The molecule has 1 saturated carbocycles. The maximum atomic E-state index is 8.75. The first kappa shape index (κ1) is 12.8. The summed E-state index contributed by atoms with van der Waals surface area (Å²) in [5.41, 5.74) is 0.638. The van der Waals surface area contributed by atoms with Crippen molar-refractivity contribution in [2.75, 3.05) is 7.11 Å². The summed E-state index contributed by atoms with van der Waals surface area (Å²) in [6.07, 6.45) is 5.51. The average Bonchev–Trinajstić information content (AvgIpc) is 3.17. The lowest BCUT2D eigenvalue weighted by atomic mass is 10.0. The second-order valence-corrected chi connectivity index (χ2v) is 4.87. The topological polar surface area (TPSA) is 84.8 Å². The van der Waals surface area contributed by atoms with Crippen LogP contribution in [0, 0.1) is 11.3 Å². The van der Waals surface area contributed by atoms with E-state index < -0.39 is 5.60 Å². The number of hydrogen-bond acceptors (Lipinski definition) is 6. The Bertz CT molecular complexity index is 636. The molecule has 0 atom stereocenters. The fourth-order valence-electron chi connectivity index (χ4n) is 2.56. The van der Waals surface area contributed by atoms with Crippen molar-refractivity contribution in [3.05, 3.63) is 29.7 Å². The third kappa shape index (κ3) is 2.06. The summed E-state index contributed by atoms with van der Waals surface area (Å²) in [6.45, 7) is 0. The Balaban J connectivity index is 1.91. The smallest absolute Gasteiger partial charge is 0.276 e. The van der Waals surface area contributed by atoms with Crippen molar-refractivity contribution in [3.8, 4) is 17.7 Å². The zero-order valence-corrected chi connectivity index (χ0v) is 11.2. The molecule has 0 bridgehead atoms. The summed E-state index contributed by atoms with van der Waals surface area (Å²) in [5, 5.41) is 12.8. The quantitative estimate of drug-likeness (QED) is 0.851. The lowest BCUT2D eigenvalue weighted by molar-refractivity contribution is -0.0178. The van der Waals surface area contributed by atoms with Crippen LogP contribution in [0.2, 0.25) is 0 Å². The zero-order chi connectivity index (χ0) is 14.0. The van der Waals surface area contributed by atoms with E-state index in [4.69, 9.17) is 14.5 Å². The van der Waals surface area contributed by atoms with Gasteiger partial charge in [-0.2, -0.15) is 10.2 Å². The molecule has 2 aromatic heterocycles. The first-order chi connectivity index (χ1) is 9.77.